The molecule has 7 heteroatoms. The van der Waals surface area contributed by atoms with Crippen LogP contribution in [0.1, 0.15) is 47.2 Å². The molecule has 1 unspecified atom stereocenters. The van der Waals surface area contributed by atoms with Gasteiger partial charge < -0.3 is 10.1 Å². The first-order valence-corrected chi connectivity index (χ1v) is 8.17. The summed E-state index contributed by atoms with van der Waals surface area (Å²) < 4.78 is 4.99. The average molecular weight is 311 g/mol. The Kier molecular flexibility index (Phi) is 5.08. The zero-order valence-corrected chi connectivity index (χ0v) is 13.3. The highest BCUT2D eigenvalue weighted by molar-refractivity contribution is 7.14. The summed E-state index contributed by atoms with van der Waals surface area (Å²) in [5.74, 6) is -0.392. The van der Waals surface area contributed by atoms with E-state index in [1.807, 2.05) is 13.1 Å². The van der Waals surface area contributed by atoms with Crippen LogP contribution in [0.3, 0.4) is 0 Å². The first kappa shape index (κ1) is 14.9. The van der Waals surface area contributed by atoms with Crippen LogP contribution in [0.4, 0.5) is 5.00 Å². The predicted molar refractivity (Wildman–Crippen MR) is 81.6 cm³/mol. The second-order valence-electron chi connectivity index (χ2n) is 4.13. The van der Waals surface area contributed by atoms with Gasteiger partial charge >= 0.3 is 5.97 Å². The Morgan fingerprint density at radius 1 is 1.45 bits per heavy atom. The number of carbonyl (C=O) groups excluding carboxylic acids is 1. The van der Waals surface area contributed by atoms with Gasteiger partial charge in [-0.1, -0.05) is 6.92 Å². The molecule has 0 aliphatic rings. The van der Waals surface area contributed by atoms with Gasteiger partial charge in [0.2, 0.25) is 0 Å². The Morgan fingerprint density at radius 3 is 2.90 bits per heavy atom. The minimum atomic E-state index is -0.392. The van der Waals surface area contributed by atoms with Gasteiger partial charge in [-0.2, -0.15) is 0 Å². The molecule has 108 valence electrons. The molecule has 2 heterocycles. The molecular weight excluding hydrogens is 294 g/mol. The number of anilines is 1. The van der Waals surface area contributed by atoms with E-state index in [1.54, 1.807) is 23.8 Å². The lowest BCUT2D eigenvalue weighted by Gasteiger charge is -2.11. The van der Waals surface area contributed by atoms with Crippen LogP contribution in [-0.4, -0.2) is 22.5 Å². The second-order valence-corrected chi connectivity index (χ2v) is 6.14. The lowest BCUT2D eigenvalue weighted by molar-refractivity contribution is 0.0521. The molecule has 0 saturated heterocycles. The van der Waals surface area contributed by atoms with Gasteiger partial charge in [-0.25, -0.2) is 14.8 Å². The molecule has 2 aromatic heterocycles. The molecule has 0 aliphatic carbocycles. The molecule has 0 aliphatic heterocycles. The van der Waals surface area contributed by atoms with E-state index in [0.29, 0.717) is 12.3 Å². The zero-order valence-electron chi connectivity index (χ0n) is 11.7. The minimum absolute atomic E-state index is 0.0360. The van der Waals surface area contributed by atoms with Crippen molar-refractivity contribution in [2.24, 2.45) is 0 Å². The number of hydrogen-bond donors (Lipinski definition) is 1. The molecular formula is C13H17N3O2S2. The van der Waals surface area contributed by atoms with Crippen LogP contribution in [0.2, 0.25) is 0 Å². The Labute approximate surface area is 126 Å². The van der Waals surface area contributed by atoms with Crippen LogP contribution in [-0.2, 0) is 11.2 Å². The van der Waals surface area contributed by atoms with E-state index in [4.69, 9.17) is 4.74 Å². The fourth-order valence-corrected chi connectivity index (χ4v) is 3.25. The van der Waals surface area contributed by atoms with Crippen molar-refractivity contribution in [3.8, 4) is 0 Å². The topological polar surface area (TPSA) is 64.1 Å². The van der Waals surface area contributed by atoms with Crippen molar-refractivity contribution < 1.29 is 9.53 Å². The third-order valence-corrected chi connectivity index (χ3v) is 4.76. The number of hydrogen-bond acceptors (Lipinski definition) is 7. The molecule has 0 spiro atoms. The van der Waals surface area contributed by atoms with E-state index in [0.717, 1.165) is 16.4 Å². The smallest absolute Gasteiger partial charge is 0.360 e. The summed E-state index contributed by atoms with van der Waals surface area (Å²) in [6, 6.07) is 0.0360. The summed E-state index contributed by atoms with van der Waals surface area (Å²) in [6.45, 7) is 6.25. The first-order chi connectivity index (χ1) is 9.65. The molecule has 2 rings (SSSR count). The number of rotatable bonds is 6. The molecule has 0 fully saturated rings. The van der Waals surface area contributed by atoms with E-state index in [-0.39, 0.29) is 6.04 Å². The molecule has 2 aromatic rings. The van der Waals surface area contributed by atoms with E-state index in [1.165, 1.54) is 16.2 Å². The average Bonchev–Trinajstić information content (AvgIpc) is 3.07. The van der Waals surface area contributed by atoms with Crippen molar-refractivity contribution in [2.45, 2.75) is 33.2 Å². The highest BCUT2D eigenvalue weighted by Gasteiger charge is 2.19. The quantitative estimate of drug-likeness (QED) is 0.827. The van der Waals surface area contributed by atoms with Gasteiger partial charge in [0, 0.05) is 11.1 Å². The van der Waals surface area contributed by atoms with E-state index in [2.05, 4.69) is 22.2 Å². The van der Waals surface area contributed by atoms with Crippen molar-refractivity contribution >= 4 is 33.6 Å². The molecule has 0 saturated carbocycles. The van der Waals surface area contributed by atoms with Gasteiger partial charge in [0.15, 0.2) is 5.69 Å². The van der Waals surface area contributed by atoms with Gasteiger partial charge in [-0.3, -0.25) is 0 Å². The van der Waals surface area contributed by atoms with E-state index < -0.39 is 5.97 Å². The number of aromatic nitrogens is 2. The fraction of sp³-hybridized carbons (Fsp3) is 0.462. The van der Waals surface area contributed by atoms with E-state index >= 15 is 0 Å². The first-order valence-electron chi connectivity index (χ1n) is 6.47. The van der Waals surface area contributed by atoms with Crippen LogP contribution in [0.25, 0.3) is 0 Å². The zero-order chi connectivity index (χ0) is 14.5. The van der Waals surface area contributed by atoms with Crippen LogP contribution in [0.15, 0.2) is 11.7 Å². The van der Waals surface area contributed by atoms with Crippen LogP contribution in [0, 0.1) is 0 Å². The SMILES string of the molecule is CCOC(=O)c1ncsc1NC(C)c1ncc(CC)s1. The Hall–Kier alpha value is -1.47. The standard InChI is InChI=1S/C13H17N3O2S2/c1-4-9-6-14-11(20-9)8(3)16-12-10(15-7-19-12)13(17)18-5-2/h6-8,16H,4-5H2,1-3H3. The van der Waals surface area contributed by atoms with Crippen molar-refractivity contribution in [2.75, 3.05) is 11.9 Å². The Bertz CT molecular complexity index is 580. The maximum absolute atomic E-state index is 11.8. The molecule has 0 bridgehead atoms. The van der Waals surface area contributed by atoms with Gasteiger partial charge in [0.25, 0.3) is 0 Å². The summed E-state index contributed by atoms with van der Waals surface area (Å²) in [4.78, 5) is 21.5. The van der Waals surface area contributed by atoms with Gasteiger partial charge in [0.05, 0.1) is 18.2 Å². The molecule has 1 N–H and O–H groups in total. The highest BCUT2D eigenvalue weighted by atomic mass is 32.1. The largest absolute Gasteiger partial charge is 0.461 e. The number of nitrogens with zero attached hydrogens (tertiary/aromatic N) is 2. The van der Waals surface area contributed by atoms with Crippen LogP contribution in [0.5, 0.6) is 0 Å². The van der Waals surface area contributed by atoms with Crippen molar-refractivity contribution in [3.05, 3.63) is 27.3 Å². The summed E-state index contributed by atoms with van der Waals surface area (Å²) in [6.07, 6.45) is 2.89. The minimum Gasteiger partial charge on any atom is -0.461 e. The third kappa shape index (κ3) is 3.34. The van der Waals surface area contributed by atoms with Crippen molar-refractivity contribution in [3.63, 3.8) is 0 Å². The maximum Gasteiger partial charge on any atom is 0.360 e. The lowest BCUT2D eigenvalue weighted by Crippen LogP contribution is -2.11. The maximum atomic E-state index is 11.8. The predicted octanol–water partition coefficient (Wildman–Crippen LogP) is 3.51. The summed E-state index contributed by atoms with van der Waals surface area (Å²) in [5, 5.41) is 5.02. The number of esters is 1. The highest BCUT2D eigenvalue weighted by Crippen LogP contribution is 2.28. The fourth-order valence-electron chi connectivity index (χ4n) is 1.64. The number of thiazole rings is 2. The lowest BCUT2D eigenvalue weighted by atomic mass is 10.3. The number of nitrogens with one attached hydrogen (secondary N) is 1. The van der Waals surface area contributed by atoms with E-state index in [9.17, 15) is 4.79 Å². The summed E-state index contributed by atoms with van der Waals surface area (Å²) >= 11 is 3.07. The molecule has 20 heavy (non-hydrogen) atoms. The number of carbonyl (C=O) groups is 1. The van der Waals surface area contributed by atoms with Gasteiger partial charge in [-0.05, 0) is 20.3 Å². The number of aryl methyl sites for hydroxylation is 1. The van der Waals surface area contributed by atoms with Crippen LogP contribution >= 0.6 is 22.7 Å². The Morgan fingerprint density at radius 2 is 2.25 bits per heavy atom. The summed E-state index contributed by atoms with van der Waals surface area (Å²) in [5.41, 5.74) is 1.98. The van der Waals surface area contributed by atoms with Crippen molar-refractivity contribution in [1.29, 1.82) is 0 Å². The van der Waals surface area contributed by atoms with Crippen molar-refractivity contribution in [1.82, 2.24) is 9.97 Å². The van der Waals surface area contributed by atoms with Gasteiger partial charge in [0.1, 0.15) is 10.0 Å². The monoisotopic (exact) mass is 311 g/mol. The molecule has 0 aromatic carbocycles. The third-order valence-electron chi connectivity index (χ3n) is 2.67. The Balaban J connectivity index is 2.10. The molecule has 0 radical (unpaired) electrons. The number of ether oxygens (including phenoxy) is 1. The van der Waals surface area contributed by atoms with Gasteiger partial charge in [-0.15, -0.1) is 22.7 Å². The molecule has 1 atom stereocenters. The summed E-state index contributed by atoms with van der Waals surface area (Å²) in [7, 11) is 0. The normalized spacial score (nSPS) is 12.2. The molecule has 5 nitrogen and oxygen atoms in total. The van der Waals surface area contributed by atoms with Crippen LogP contribution < -0.4 is 5.32 Å². The molecule has 0 amide bonds. The second kappa shape index (κ2) is 6.81.